The van der Waals surface area contributed by atoms with Crippen LogP contribution in [0, 0.1) is 11.3 Å². The van der Waals surface area contributed by atoms with Crippen LogP contribution in [-0.2, 0) is 30.5 Å². The van der Waals surface area contributed by atoms with Gasteiger partial charge in [0, 0.05) is 57.9 Å². The zero-order valence-electron chi connectivity index (χ0n) is 25.9. The number of nitrogens with zero attached hydrogens (tertiary/aromatic N) is 6. The summed E-state index contributed by atoms with van der Waals surface area (Å²) < 4.78 is 48.7. The number of hydrogen-bond acceptors (Lipinski definition) is 7. The largest absolute Gasteiger partial charge is 0.455 e. The number of halogens is 3. The monoisotopic (exact) mass is 631 g/mol. The van der Waals surface area contributed by atoms with Gasteiger partial charge in [-0.1, -0.05) is 26.0 Å². The van der Waals surface area contributed by atoms with Crippen molar-refractivity contribution < 1.29 is 22.7 Å². The van der Waals surface area contributed by atoms with E-state index in [1.165, 1.54) is 6.07 Å². The molecule has 1 aromatic carbocycles. The number of pyridine rings is 2. The average Bonchev–Trinajstić information content (AvgIpc) is 3.49. The number of aromatic nitrogens is 3. The molecule has 0 spiro atoms. The van der Waals surface area contributed by atoms with Crippen LogP contribution in [0.5, 0.6) is 11.5 Å². The van der Waals surface area contributed by atoms with E-state index in [1.807, 2.05) is 13.0 Å². The topological polar surface area (TPSA) is 101 Å². The molecule has 240 valence electrons. The fourth-order valence-corrected chi connectivity index (χ4v) is 6.39. The van der Waals surface area contributed by atoms with Crippen molar-refractivity contribution in [1.82, 2.24) is 29.7 Å². The molecule has 1 amide bonds. The molecule has 1 saturated heterocycles. The quantitative estimate of drug-likeness (QED) is 0.260. The SMILES string of the molecule is CC[C@H]1CN(C(=O)Cc2ccc(CN3CCN(CC)CC3)c(C(F)(F)F)c2)Cc2cc(Oc3ccnc4[nH]c(C#N)cc34)cnc21. The summed E-state index contributed by atoms with van der Waals surface area (Å²) in [5, 5.41) is 9.91. The van der Waals surface area contributed by atoms with Crippen LogP contribution in [0.3, 0.4) is 0 Å². The Morgan fingerprint density at radius 3 is 2.59 bits per heavy atom. The molecular weight excluding hydrogens is 595 g/mol. The van der Waals surface area contributed by atoms with Crippen LogP contribution in [0.25, 0.3) is 11.0 Å². The normalized spacial score (nSPS) is 17.6. The van der Waals surface area contributed by atoms with E-state index in [0.717, 1.165) is 56.5 Å². The number of ether oxygens (including phenoxy) is 1. The second-order valence-electron chi connectivity index (χ2n) is 11.9. The number of nitriles is 1. The van der Waals surface area contributed by atoms with E-state index in [2.05, 4.69) is 37.7 Å². The predicted molar refractivity (Wildman–Crippen MR) is 166 cm³/mol. The fraction of sp³-hybridized carbons (Fsp3) is 0.412. The Morgan fingerprint density at radius 1 is 1.09 bits per heavy atom. The summed E-state index contributed by atoms with van der Waals surface area (Å²) in [5.74, 6) is 0.724. The van der Waals surface area contributed by atoms with E-state index in [4.69, 9.17) is 4.74 Å². The number of aromatic amines is 1. The van der Waals surface area contributed by atoms with E-state index in [0.29, 0.717) is 40.3 Å². The zero-order chi connectivity index (χ0) is 32.4. The van der Waals surface area contributed by atoms with Crippen molar-refractivity contribution in [3.63, 3.8) is 0 Å². The van der Waals surface area contributed by atoms with Crippen molar-refractivity contribution in [2.75, 3.05) is 39.3 Å². The van der Waals surface area contributed by atoms with Gasteiger partial charge in [-0.25, -0.2) is 4.98 Å². The number of nitrogens with one attached hydrogen (secondary N) is 1. The van der Waals surface area contributed by atoms with Gasteiger partial charge in [0.25, 0.3) is 0 Å². The van der Waals surface area contributed by atoms with Gasteiger partial charge in [-0.2, -0.15) is 18.4 Å². The molecule has 2 aliphatic rings. The first-order chi connectivity index (χ1) is 22.1. The highest BCUT2D eigenvalue weighted by molar-refractivity contribution is 5.84. The van der Waals surface area contributed by atoms with Crippen molar-refractivity contribution in [2.24, 2.45) is 0 Å². The molecule has 0 bridgehead atoms. The maximum Gasteiger partial charge on any atom is 0.416 e. The first kappa shape index (κ1) is 31.5. The lowest BCUT2D eigenvalue weighted by Crippen LogP contribution is -2.45. The fourth-order valence-electron chi connectivity index (χ4n) is 6.39. The number of likely N-dealkylation sites (N-methyl/N-ethyl adjacent to an activating group) is 1. The molecule has 0 aliphatic carbocycles. The van der Waals surface area contributed by atoms with Crippen molar-refractivity contribution in [3.05, 3.63) is 82.4 Å². The number of carbonyl (C=O) groups excluding carboxylic acids is 1. The standard InChI is InChI=1S/C34H36F3N7O2/c1-3-23-20-44(21-25-15-27(18-40-32(23)25)46-30-7-8-39-33-28(30)16-26(17-38)41-33)31(45)14-22-5-6-24(29(13-22)34(35,36)37)19-43-11-9-42(4-2)10-12-43/h5-8,13,15-16,18,23H,3-4,9-12,14,19-21H2,1-2H3,(H,39,41)/t23-/m0/s1. The van der Waals surface area contributed by atoms with Gasteiger partial charge in [0.15, 0.2) is 0 Å². The van der Waals surface area contributed by atoms with Crippen LogP contribution in [0.2, 0.25) is 0 Å². The van der Waals surface area contributed by atoms with E-state index >= 15 is 0 Å². The summed E-state index contributed by atoms with van der Waals surface area (Å²) in [7, 11) is 0. The second-order valence-corrected chi connectivity index (χ2v) is 11.9. The minimum atomic E-state index is -4.52. The number of carbonyl (C=O) groups is 1. The zero-order valence-corrected chi connectivity index (χ0v) is 25.9. The Kier molecular flexibility index (Phi) is 8.97. The third-order valence-electron chi connectivity index (χ3n) is 8.99. The number of H-pyrrole nitrogens is 1. The van der Waals surface area contributed by atoms with Crippen molar-refractivity contribution in [3.8, 4) is 17.6 Å². The molecule has 2 aliphatic heterocycles. The molecule has 4 aromatic rings. The first-order valence-electron chi connectivity index (χ1n) is 15.6. The van der Waals surface area contributed by atoms with Crippen LogP contribution >= 0.6 is 0 Å². The van der Waals surface area contributed by atoms with Gasteiger partial charge in [-0.3, -0.25) is 14.7 Å². The van der Waals surface area contributed by atoms with E-state index in [1.54, 1.807) is 35.5 Å². The Balaban J connectivity index is 1.18. The number of piperazine rings is 1. The van der Waals surface area contributed by atoms with Gasteiger partial charge >= 0.3 is 6.18 Å². The molecule has 3 aromatic heterocycles. The summed E-state index contributed by atoms with van der Waals surface area (Å²) in [4.78, 5) is 31.5. The van der Waals surface area contributed by atoms with Gasteiger partial charge in [0.2, 0.25) is 5.91 Å². The smallest absolute Gasteiger partial charge is 0.416 e. The van der Waals surface area contributed by atoms with Crippen LogP contribution < -0.4 is 4.74 Å². The Hall–Kier alpha value is -4.47. The maximum atomic E-state index is 14.2. The summed E-state index contributed by atoms with van der Waals surface area (Å²) in [6, 6.07) is 11.6. The Labute approximate surface area is 265 Å². The lowest BCUT2D eigenvalue weighted by molar-refractivity contribution is -0.139. The predicted octanol–water partition coefficient (Wildman–Crippen LogP) is 5.86. The van der Waals surface area contributed by atoms with Gasteiger partial charge in [0.1, 0.15) is 28.9 Å². The molecular formula is C34H36F3N7O2. The van der Waals surface area contributed by atoms with Crippen molar-refractivity contribution in [2.45, 2.75) is 51.9 Å². The second kappa shape index (κ2) is 13.1. The molecule has 9 nitrogen and oxygen atoms in total. The minimum absolute atomic E-state index is 0.0153. The number of alkyl halides is 3. The average molecular weight is 632 g/mol. The molecule has 5 heterocycles. The Bertz CT molecular complexity index is 1770. The summed E-state index contributed by atoms with van der Waals surface area (Å²) in [6.07, 6.45) is -0.672. The molecule has 6 rings (SSSR count). The van der Waals surface area contributed by atoms with E-state index < -0.39 is 11.7 Å². The van der Waals surface area contributed by atoms with Crippen LogP contribution in [0.15, 0.2) is 48.8 Å². The number of amides is 1. The third kappa shape index (κ3) is 6.71. The maximum absolute atomic E-state index is 14.2. The van der Waals surface area contributed by atoms with Crippen molar-refractivity contribution in [1.29, 1.82) is 5.26 Å². The van der Waals surface area contributed by atoms with Crippen LogP contribution in [0.1, 0.15) is 59.8 Å². The lowest BCUT2D eigenvalue weighted by Gasteiger charge is -2.34. The van der Waals surface area contributed by atoms with Gasteiger partial charge in [-0.15, -0.1) is 0 Å². The summed E-state index contributed by atoms with van der Waals surface area (Å²) >= 11 is 0. The Morgan fingerprint density at radius 2 is 1.87 bits per heavy atom. The first-order valence-corrected chi connectivity index (χ1v) is 15.6. The molecule has 1 N–H and O–H groups in total. The van der Waals surface area contributed by atoms with Crippen LogP contribution in [-0.4, -0.2) is 74.8 Å². The molecule has 0 saturated carbocycles. The lowest BCUT2D eigenvalue weighted by atomic mass is 9.92. The van der Waals surface area contributed by atoms with Gasteiger partial charge in [-0.05, 0) is 53.9 Å². The summed E-state index contributed by atoms with van der Waals surface area (Å²) in [6.45, 7) is 9.13. The molecule has 0 unspecified atom stereocenters. The summed E-state index contributed by atoms with van der Waals surface area (Å²) in [5.41, 5.74) is 2.51. The van der Waals surface area contributed by atoms with Gasteiger partial charge in [0.05, 0.1) is 29.3 Å². The highest BCUT2D eigenvalue weighted by atomic mass is 19.4. The highest BCUT2D eigenvalue weighted by Crippen LogP contribution is 2.36. The molecule has 46 heavy (non-hydrogen) atoms. The molecule has 1 fully saturated rings. The van der Waals surface area contributed by atoms with Gasteiger partial charge < -0.3 is 19.5 Å². The number of benzene rings is 1. The van der Waals surface area contributed by atoms with Crippen LogP contribution in [0.4, 0.5) is 13.2 Å². The molecule has 12 heteroatoms. The molecule has 1 atom stereocenters. The minimum Gasteiger partial charge on any atom is -0.455 e. The number of fused-ring (bicyclic) bond motifs is 2. The number of rotatable bonds is 8. The van der Waals surface area contributed by atoms with Crippen molar-refractivity contribution >= 4 is 16.9 Å². The molecule has 0 radical (unpaired) electrons. The van der Waals surface area contributed by atoms with E-state index in [-0.39, 0.29) is 36.9 Å². The van der Waals surface area contributed by atoms with E-state index in [9.17, 15) is 23.2 Å². The number of hydrogen-bond donors (Lipinski definition) is 1. The third-order valence-corrected chi connectivity index (χ3v) is 8.99. The highest BCUT2D eigenvalue weighted by Gasteiger charge is 2.35.